The maximum Gasteiger partial charge on any atom is 0.191 e. The second-order valence-corrected chi connectivity index (χ2v) is 8.41. The minimum Gasteiger partial charge on any atom is -0.381 e. The highest BCUT2D eigenvalue weighted by molar-refractivity contribution is 14.0. The molecule has 28 heavy (non-hydrogen) atoms. The SMILES string of the molecule is CCNC(=NCC1(SC)CCOCC1)NC1CCc2nc(COC)nn2C1.I. The zero-order valence-electron chi connectivity index (χ0n) is 17.1. The van der Waals surface area contributed by atoms with Gasteiger partial charge < -0.3 is 20.1 Å². The number of hydrogen-bond donors (Lipinski definition) is 2. The number of ether oxygens (including phenoxy) is 2. The Morgan fingerprint density at radius 3 is 2.89 bits per heavy atom. The Bertz CT molecular complexity index is 636. The van der Waals surface area contributed by atoms with Crippen LogP contribution in [0.4, 0.5) is 0 Å². The van der Waals surface area contributed by atoms with E-state index < -0.39 is 0 Å². The maximum absolute atomic E-state index is 5.54. The molecule has 1 atom stereocenters. The lowest BCUT2D eigenvalue weighted by Crippen LogP contribution is -2.48. The first-order chi connectivity index (χ1) is 13.2. The first-order valence-corrected chi connectivity index (χ1v) is 11.0. The summed E-state index contributed by atoms with van der Waals surface area (Å²) in [4.78, 5) is 9.46. The van der Waals surface area contributed by atoms with E-state index in [9.17, 15) is 0 Å². The van der Waals surface area contributed by atoms with Gasteiger partial charge in [-0.25, -0.2) is 9.67 Å². The number of halogens is 1. The van der Waals surface area contributed by atoms with Crippen LogP contribution in [0, 0.1) is 0 Å². The fourth-order valence-electron chi connectivity index (χ4n) is 3.58. The maximum atomic E-state index is 5.54. The normalized spacial score (nSPS) is 21.5. The van der Waals surface area contributed by atoms with Crippen molar-refractivity contribution in [3.8, 4) is 0 Å². The van der Waals surface area contributed by atoms with E-state index in [1.165, 1.54) is 0 Å². The number of methoxy groups -OCH3 is 1. The van der Waals surface area contributed by atoms with Crippen molar-refractivity contribution < 1.29 is 9.47 Å². The van der Waals surface area contributed by atoms with Crippen LogP contribution in [-0.4, -0.2) is 71.2 Å². The number of aryl methyl sites for hydroxylation is 1. The van der Waals surface area contributed by atoms with E-state index in [1.807, 2.05) is 16.4 Å². The fraction of sp³-hybridized carbons (Fsp3) is 0.833. The molecule has 1 aromatic rings. The van der Waals surface area contributed by atoms with Gasteiger partial charge in [-0.1, -0.05) is 0 Å². The molecule has 8 nitrogen and oxygen atoms in total. The van der Waals surface area contributed by atoms with Gasteiger partial charge >= 0.3 is 0 Å². The van der Waals surface area contributed by atoms with Gasteiger partial charge in [-0.2, -0.15) is 16.9 Å². The van der Waals surface area contributed by atoms with Crippen molar-refractivity contribution in [3.05, 3.63) is 11.6 Å². The van der Waals surface area contributed by atoms with E-state index in [0.29, 0.717) is 12.6 Å². The zero-order chi connectivity index (χ0) is 19.1. The number of rotatable bonds is 7. The second-order valence-electron chi connectivity index (χ2n) is 7.13. The van der Waals surface area contributed by atoms with E-state index in [1.54, 1.807) is 7.11 Å². The lowest BCUT2D eigenvalue weighted by Gasteiger charge is -2.34. The molecular formula is C18H33IN6O2S. The molecule has 0 saturated carbocycles. The van der Waals surface area contributed by atoms with Crippen LogP contribution in [0.2, 0.25) is 0 Å². The largest absolute Gasteiger partial charge is 0.381 e. The summed E-state index contributed by atoms with van der Waals surface area (Å²) in [6, 6.07) is 0.298. The highest BCUT2D eigenvalue weighted by Gasteiger charge is 2.32. The molecule has 0 radical (unpaired) electrons. The number of nitrogens with one attached hydrogen (secondary N) is 2. The topological polar surface area (TPSA) is 85.6 Å². The number of aliphatic imine (C=N–C) groups is 1. The highest BCUT2D eigenvalue weighted by Crippen LogP contribution is 2.34. The molecule has 1 fully saturated rings. The predicted octanol–water partition coefficient (Wildman–Crippen LogP) is 1.82. The number of hydrogen-bond acceptors (Lipinski definition) is 6. The van der Waals surface area contributed by atoms with Gasteiger partial charge in [0.15, 0.2) is 11.8 Å². The van der Waals surface area contributed by atoms with Crippen molar-refractivity contribution in [2.24, 2.45) is 4.99 Å². The number of nitrogens with zero attached hydrogens (tertiary/aromatic N) is 4. The summed E-state index contributed by atoms with van der Waals surface area (Å²) in [5.74, 6) is 2.70. The minimum absolute atomic E-state index is 0. The number of guanidine groups is 1. The fourth-order valence-corrected chi connectivity index (χ4v) is 4.34. The van der Waals surface area contributed by atoms with Crippen molar-refractivity contribution in [1.82, 2.24) is 25.4 Å². The monoisotopic (exact) mass is 524 g/mol. The Hall–Kier alpha value is -0.590. The van der Waals surface area contributed by atoms with Crippen LogP contribution in [0.5, 0.6) is 0 Å². The zero-order valence-corrected chi connectivity index (χ0v) is 20.2. The van der Waals surface area contributed by atoms with E-state index in [0.717, 1.165) is 76.1 Å². The standard InChI is InChI=1S/C18H32N6O2S.HI/c1-4-19-17(20-13-18(27-3)7-9-26-10-8-18)21-14-5-6-16-22-15(12-25-2)23-24(16)11-14;/h14H,4-13H2,1-3H3,(H2,19,20,21);1H. The summed E-state index contributed by atoms with van der Waals surface area (Å²) in [6.07, 6.45) is 6.25. The lowest BCUT2D eigenvalue weighted by molar-refractivity contribution is 0.0794. The van der Waals surface area contributed by atoms with Crippen LogP contribution in [-0.2, 0) is 29.0 Å². The van der Waals surface area contributed by atoms with E-state index in [-0.39, 0.29) is 28.7 Å². The summed E-state index contributed by atoms with van der Waals surface area (Å²) in [6.45, 7) is 6.69. The van der Waals surface area contributed by atoms with Gasteiger partial charge in [0.1, 0.15) is 12.4 Å². The van der Waals surface area contributed by atoms with Crippen molar-refractivity contribution in [1.29, 1.82) is 0 Å². The molecule has 0 spiro atoms. The molecule has 160 valence electrons. The molecule has 2 aliphatic rings. The molecule has 0 aromatic carbocycles. The van der Waals surface area contributed by atoms with Crippen molar-refractivity contribution in [2.45, 2.75) is 56.5 Å². The summed E-state index contributed by atoms with van der Waals surface area (Å²) >= 11 is 1.92. The average Bonchev–Trinajstić information content (AvgIpc) is 3.09. The third-order valence-electron chi connectivity index (χ3n) is 5.22. The minimum atomic E-state index is 0. The Morgan fingerprint density at radius 2 is 2.21 bits per heavy atom. The van der Waals surface area contributed by atoms with Gasteiger partial charge in [0.25, 0.3) is 0 Å². The van der Waals surface area contributed by atoms with Crippen molar-refractivity contribution in [2.75, 3.05) is 39.7 Å². The molecule has 1 unspecified atom stereocenters. The Morgan fingerprint density at radius 1 is 1.43 bits per heavy atom. The third kappa shape index (κ3) is 6.20. The van der Waals surface area contributed by atoms with Gasteiger partial charge in [-0.05, 0) is 32.4 Å². The van der Waals surface area contributed by atoms with Gasteiger partial charge in [-0.3, -0.25) is 4.99 Å². The molecule has 2 N–H and O–H groups in total. The lowest BCUT2D eigenvalue weighted by atomic mass is 9.99. The van der Waals surface area contributed by atoms with Crippen LogP contribution in [0.25, 0.3) is 0 Å². The molecule has 0 bridgehead atoms. The Labute approximate surface area is 189 Å². The number of aromatic nitrogens is 3. The highest BCUT2D eigenvalue weighted by atomic mass is 127. The second kappa shape index (κ2) is 11.6. The van der Waals surface area contributed by atoms with Crippen LogP contribution in [0.3, 0.4) is 0 Å². The predicted molar refractivity (Wildman–Crippen MR) is 124 cm³/mol. The Kier molecular flexibility index (Phi) is 9.78. The van der Waals surface area contributed by atoms with Crippen molar-refractivity contribution in [3.63, 3.8) is 0 Å². The molecule has 0 aliphatic carbocycles. The summed E-state index contributed by atoms with van der Waals surface area (Å²) in [5, 5.41) is 11.5. The van der Waals surface area contributed by atoms with Crippen molar-refractivity contribution >= 4 is 41.7 Å². The first-order valence-electron chi connectivity index (χ1n) is 9.77. The molecule has 10 heteroatoms. The third-order valence-corrected chi connectivity index (χ3v) is 6.63. The molecule has 0 amide bonds. The van der Waals surface area contributed by atoms with E-state index in [4.69, 9.17) is 14.5 Å². The number of thioether (sulfide) groups is 1. The molecule has 3 rings (SSSR count). The van der Waals surface area contributed by atoms with Crippen LogP contribution in [0.15, 0.2) is 4.99 Å². The molecular weight excluding hydrogens is 491 g/mol. The van der Waals surface area contributed by atoms with Crippen LogP contribution < -0.4 is 10.6 Å². The molecule has 1 aromatic heterocycles. The molecule has 3 heterocycles. The summed E-state index contributed by atoms with van der Waals surface area (Å²) in [7, 11) is 1.67. The van der Waals surface area contributed by atoms with E-state index in [2.05, 4.69) is 33.9 Å². The average molecular weight is 524 g/mol. The summed E-state index contributed by atoms with van der Waals surface area (Å²) < 4.78 is 12.9. The van der Waals surface area contributed by atoms with Gasteiger partial charge in [0.2, 0.25) is 0 Å². The van der Waals surface area contributed by atoms with Gasteiger partial charge in [-0.15, -0.1) is 24.0 Å². The Balaban J connectivity index is 0.00000280. The smallest absolute Gasteiger partial charge is 0.191 e. The summed E-state index contributed by atoms with van der Waals surface area (Å²) in [5.41, 5.74) is 0. The van der Waals surface area contributed by atoms with Gasteiger partial charge in [0.05, 0.1) is 13.1 Å². The molecule has 1 saturated heterocycles. The van der Waals surface area contributed by atoms with Crippen LogP contribution >= 0.6 is 35.7 Å². The first kappa shape index (κ1) is 23.7. The van der Waals surface area contributed by atoms with E-state index >= 15 is 0 Å². The van der Waals surface area contributed by atoms with Crippen LogP contribution in [0.1, 0.15) is 37.8 Å². The van der Waals surface area contributed by atoms with Gasteiger partial charge in [0, 0.05) is 44.1 Å². The molecule has 2 aliphatic heterocycles. The quantitative estimate of drug-likeness (QED) is 0.320. The number of fused-ring (bicyclic) bond motifs is 1.